The highest BCUT2D eigenvalue weighted by Gasteiger charge is 2.28. The minimum absolute atomic E-state index is 0.0206. The first-order valence-electron chi connectivity index (χ1n) is 10.3. The van der Waals surface area contributed by atoms with Gasteiger partial charge in [0.05, 0.1) is 28.8 Å². The van der Waals surface area contributed by atoms with E-state index in [0.29, 0.717) is 13.1 Å². The van der Waals surface area contributed by atoms with E-state index in [1.54, 1.807) is 4.90 Å². The van der Waals surface area contributed by atoms with Crippen molar-refractivity contribution in [3.63, 3.8) is 0 Å². The number of amides is 1. The van der Waals surface area contributed by atoms with Crippen LogP contribution in [0.15, 0.2) is 47.3 Å². The summed E-state index contributed by atoms with van der Waals surface area (Å²) in [7, 11) is 1.81. The predicted molar refractivity (Wildman–Crippen MR) is 123 cm³/mol. The number of rotatable bonds is 6. The molecular formula is C24H25N3O3S. The van der Waals surface area contributed by atoms with Crippen molar-refractivity contribution in [2.45, 2.75) is 25.0 Å². The smallest absolute Gasteiger partial charge is 0.305 e. The number of aromatic amines is 1. The molecule has 160 valence electrons. The second kappa shape index (κ2) is 9.06. The van der Waals surface area contributed by atoms with Crippen LogP contribution in [0, 0.1) is 12.3 Å². The molecule has 2 N–H and O–H groups in total. The molecule has 1 fully saturated rings. The van der Waals surface area contributed by atoms with Crippen molar-refractivity contribution < 1.29 is 9.90 Å². The quantitative estimate of drug-likeness (QED) is 0.583. The molecule has 3 aromatic rings. The van der Waals surface area contributed by atoms with Crippen LogP contribution in [0.3, 0.4) is 0 Å². The predicted octanol–water partition coefficient (Wildman–Crippen LogP) is 2.38. The molecular weight excluding hydrogens is 410 g/mol. The van der Waals surface area contributed by atoms with Crippen molar-refractivity contribution in [2.24, 2.45) is 0 Å². The maximum absolute atomic E-state index is 13.2. The van der Waals surface area contributed by atoms with Gasteiger partial charge in [-0.1, -0.05) is 35.5 Å². The lowest BCUT2D eigenvalue weighted by Gasteiger charge is -2.32. The van der Waals surface area contributed by atoms with Crippen LogP contribution >= 0.6 is 11.3 Å². The fourth-order valence-corrected chi connectivity index (χ4v) is 4.81. The van der Waals surface area contributed by atoms with Crippen LogP contribution < -0.4 is 4.87 Å². The molecule has 0 aliphatic carbocycles. The zero-order chi connectivity index (χ0) is 22.0. The number of carbonyl (C=O) groups excluding carboxylic acids is 1. The topological polar surface area (TPSA) is 76.6 Å². The number of terminal acetylenes is 1. The lowest BCUT2D eigenvalue weighted by Crippen LogP contribution is -2.39. The molecule has 0 radical (unpaired) electrons. The molecule has 2 heterocycles. The number of nitrogens with one attached hydrogen (secondary N) is 1. The highest BCUT2D eigenvalue weighted by molar-refractivity contribution is 7.16. The van der Waals surface area contributed by atoms with Crippen molar-refractivity contribution in [3.8, 4) is 12.3 Å². The van der Waals surface area contributed by atoms with Crippen molar-refractivity contribution in [3.05, 3.63) is 68.8 Å². The number of H-pyrrole nitrogens is 1. The number of hydrogen-bond acceptors (Lipinski definition) is 5. The van der Waals surface area contributed by atoms with Gasteiger partial charge in [0.2, 0.25) is 5.91 Å². The number of carbonyl (C=O) groups is 1. The third kappa shape index (κ3) is 4.88. The van der Waals surface area contributed by atoms with Gasteiger partial charge in [-0.25, -0.2) is 0 Å². The molecule has 2 aromatic carbocycles. The summed E-state index contributed by atoms with van der Waals surface area (Å²) in [5, 5.41) is 9.92. The fraction of sp³-hybridized carbons (Fsp3) is 0.333. The third-order valence-electron chi connectivity index (χ3n) is 5.82. The number of likely N-dealkylation sites (tertiary alicyclic amines) is 1. The Morgan fingerprint density at radius 2 is 2.23 bits per heavy atom. The van der Waals surface area contributed by atoms with Crippen LogP contribution in [-0.4, -0.2) is 58.6 Å². The summed E-state index contributed by atoms with van der Waals surface area (Å²) in [4.78, 5) is 31.4. The first kappa shape index (κ1) is 21.3. The maximum Gasteiger partial charge on any atom is 0.305 e. The van der Waals surface area contributed by atoms with E-state index in [0.717, 1.165) is 51.2 Å². The molecule has 1 aromatic heterocycles. The summed E-state index contributed by atoms with van der Waals surface area (Å²) < 4.78 is 0.881. The van der Waals surface area contributed by atoms with Crippen LogP contribution in [0.25, 0.3) is 10.2 Å². The molecule has 1 aliphatic heterocycles. The SMILES string of the molecule is C#Cc1cccc([C@@H](CN2CC[C@@H](O)C2)N(C)C(=O)Cc2ccc3sc(=O)[nH]c3c2)c1. The molecule has 2 atom stereocenters. The van der Waals surface area contributed by atoms with Gasteiger partial charge in [0.15, 0.2) is 0 Å². The molecule has 0 bridgehead atoms. The number of nitrogens with zero attached hydrogens (tertiary/aromatic N) is 2. The van der Waals surface area contributed by atoms with Crippen LogP contribution in [0.4, 0.5) is 0 Å². The monoisotopic (exact) mass is 435 g/mol. The van der Waals surface area contributed by atoms with E-state index in [9.17, 15) is 14.7 Å². The number of aliphatic hydroxyl groups is 1. The Labute approximate surface area is 185 Å². The van der Waals surface area contributed by atoms with Gasteiger partial charge in [-0.05, 0) is 41.8 Å². The van der Waals surface area contributed by atoms with Gasteiger partial charge >= 0.3 is 4.87 Å². The second-order valence-electron chi connectivity index (χ2n) is 8.01. The molecule has 1 aliphatic rings. The summed E-state index contributed by atoms with van der Waals surface area (Å²) >= 11 is 1.16. The standard InChI is InChI=1S/C24H25N3O3S/c1-3-16-5-4-6-18(11-16)21(15-27-10-9-19(28)14-27)26(2)23(29)13-17-7-8-22-20(12-17)25-24(30)31-22/h1,4-8,11-12,19,21,28H,9-10,13-15H2,2H3,(H,25,30)/t19-,21-/m1/s1. The molecule has 1 saturated heterocycles. The number of fused-ring (bicyclic) bond motifs is 1. The van der Waals surface area contributed by atoms with Crippen molar-refractivity contribution in [1.29, 1.82) is 0 Å². The van der Waals surface area contributed by atoms with Crippen molar-refractivity contribution >= 4 is 27.5 Å². The summed E-state index contributed by atoms with van der Waals surface area (Å²) in [6, 6.07) is 13.2. The zero-order valence-electron chi connectivity index (χ0n) is 17.4. The van der Waals surface area contributed by atoms with Gasteiger partial charge in [-0.2, -0.15) is 0 Å². The van der Waals surface area contributed by atoms with Gasteiger partial charge < -0.3 is 15.0 Å². The van der Waals surface area contributed by atoms with E-state index >= 15 is 0 Å². The van der Waals surface area contributed by atoms with E-state index in [2.05, 4.69) is 15.8 Å². The summed E-state index contributed by atoms with van der Waals surface area (Å²) in [5.74, 6) is 2.64. The van der Waals surface area contributed by atoms with Gasteiger partial charge in [-0.3, -0.25) is 14.5 Å². The van der Waals surface area contributed by atoms with Gasteiger partial charge in [0.25, 0.3) is 0 Å². The third-order valence-corrected chi connectivity index (χ3v) is 6.68. The Morgan fingerprint density at radius 3 is 2.97 bits per heavy atom. The van der Waals surface area contributed by atoms with Crippen LogP contribution in [-0.2, 0) is 11.2 Å². The Kier molecular flexibility index (Phi) is 6.23. The van der Waals surface area contributed by atoms with Crippen LogP contribution in [0.5, 0.6) is 0 Å². The number of hydrogen-bond donors (Lipinski definition) is 2. The first-order chi connectivity index (χ1) is 14.9. The molecule has 0 saturated carbocycles. The molecule has 0 spiro atoms. The number of likely N-dealkylation sites (N-methyl/N-ethyl adjacent to an activating group) is 1. The minimum Gasteiger partial charge on any atom is -0.392 e. The highest BCUT2D eigenvalue weighted by Crippen LogP contribution is 2.25. The first-order valence-corrected chi connectivity index (χ1v) is 11.1. The Morgan fingerprint density at radius 1 is 1.39 bits per heavy atom. The van der Waals surface area contributed by atoms with Crippen LogP contribution in [0.2, 0.25) is 0 Å². The number of aliphatic hydroxyl groups excluding tert-OH is 1. The Hall–Kier alpha value is -2.92. The zero-order valence-corrected chi connectivity index (χ0v) is 18.2. The molecule has 7 heteroatoms. The molecule has 0 unspecified atom stereocenters. The van der Waals surface area contributed by atoms with Gasteiger partial charge in [0.1, 0.15) is 0 Å². The van der Waals surface area contributed by atoms with Crippen molar-refractivity contribution in [2.75, 3.05) is 26.7 Å². The van der Waals surface area contributed by atoms with Gasteiger partial charge in [-0.15, -0.1) is 6.42 Å². The normalized spacial score (nSPS) is 17.5. The number of benzene rings is 2. The van der Waals surface area contributed by atoms with E-state index in [4.69, 9.17) is 6.42 Å². The number of thiazole rings is 1. The maximum atomic E-state index is 13.2. The second-order valence-corrected chi connectivity index (χ2v) is 9.03. The molecule has 31 heavy (non-hydrogen) atoms. The summed E-state index contributed by atoms with van der Waals surface area (Å²) in [5.41, 5.74) is 3.36. The van der Waals surface area contributed by atoms with Gasteiger partial charge in [0, 0.05) is 32.2 Å². The van der Waals surface area contributed by atoms with E-state index < -0.39 is 0 Å². The average molecular weight is 436 g/mol. The lowest BCUT2D eigenvalue weighted by atomic mass is 10.0. The van der Waals surface area contributed by atoms with E-state index in [1.807, 2.05) is 49.5 Å². The van der Waals surface area contributed by atoms with E-state index in [1.165, 1.54) is 0 Å². The molecule has 1 amide bonds. The number of β-amino-alcohol motifs (C(OH)–C–C–N with tert-alkyl or cyclic N) is 1. The minimum atomic E-state index is -0.321. The Balaban J connectivity index is 1.56. The average Bonchev–Trinajstić information content (AvgIpc) is 3.35. The highest BCUT2D eigenvalue weighted by atomic mass is 32.1. The molecule has 4 rings (SSSR count). The lowest BCUT2D eigenvalue weighted by molar-refractivity contribution is -0.131. The summed E-state index contributed by atoms with van der Waals surface area (Å²) in [6.45, 7) is 2.04. The summed E-state index contributed by atoms with van der Waals surface area (Å²) in [6.07, 6.45) is 6.24. The molecule has 6 nitrogen and oxygen atoms in total. The fourth-order valence-electron chi connectivity index (χ4n) is 4.09. The number of aromatic nitrogens is 1. The largest absolute Gasteiger partial charge is 0.392 e. The van der Waals surface area contributed by atoms with Crippen LogP contribution in [0.1, 0.15) is 29.2 Å². The van der Waals surface area contributed by atoms with E-state index in [-0.39, 0.29) is 29.3 Å². The Bertz CT molecular complexity index is 1190. The van der Waals surface area contributed by atoms with Crippen molar-refractivity contribution in [1.82, 2.24) is 14.8 Å².